The summed E-state index contributed by atoms with van der Waals surface area (Å²) in [7, 11) is 0. The molecule has 0 spiro atoms. The van der Waals surface area contributed by atoms with Crippen LogP contribution < -0.4 is 4.90 Å². The molecule has 1 aromatic heterocycles. The molecule has 3 aromatic carbocycles. The topological polar surface area (TPSA) is 21.1 Å². The molecule has 0 saturated heterocycles. The van der Waals surface area contributed by atoms with Gasteiger partial charge in [0, 0.05) is 12.1 Å². The molecule has 0 N–H and O–H groups in total. The molecule has 1 atom stereocenters. The first-order valence-corrected chi connectivity index (χ1v) is 11.0. The Hall–Kier alpha value is -3.33. The van der Waals surface area contributed by atoms with Gasteiger partial charge in [-0.2, -0.15) is 5.10 Å². The maximum atomic E-state index is 4.88. The molecular weight excluding hydrogens is 378 g/mol. The number of fused-ring (bicyclic) bond motifs is 1. The van der Waals surface area contributed by atoms with Gasteiger partial charge < -0.3 is 4.90 Å². The van der Waals surface area contributed by atoms with Crippen LogP contribution in [0.15, 0.2) is 85.1 Å². The van der Waals surface area contributed by atoms with E-state index in [0.717, 1.165) is 24.1 Å². The number of rotatable bonds is 4. The monoisotopic (exact) mass is 406 g/mol. The number of benzene rings is 3. The Morgan fingerprint density at radius 2 is 1.68 bits per heavy atom. The van der Waals surface area contributed by atoms with Crippen LogP contribution in [0.1, 0.15) is 43.0 Å². The minimum Gasteiger partial charge on any atom is -0.345 e. The van der Waals surface area contributed by atoms with Crippen molar-refractivity contribution in [2.24, 2.45) is 0 Å². The van der Waals surface area contributed by atoms with Gasteiger partial charge in [-0.1, -0.05) is 84.4 Å². The van der Waals surface area contributed by atoms with E-state index in [9.17, 15) is 0 Å². The normalized spacial score (nSPS) is 17.4. The lowest BCUT2D eigenvalue weighted by Crippen LogP contribution is -2.44. The van der Waals surface area contributed by atoms with Gasteiger partial charge in [0.15, 0.2) is 0 Å². The summed E-state index contributed by atoms with van der Waals surface area (Å²) in [6.45, 7) is 7.52. The molecule has 0 bridgehead atoms. The van der Waals surface area contributed by atoms with E-state index in [0.29, 0.717) is 0 Å². The fourth-order valence-corrected chi connectivity index (χ4v) is 4.68. The van der Waals surface area contributed by atoms with Crippen LogP contribution in [-0.4, -0.2) is 9.78 Å². The van der Waals surface area contributed by atoms with Gasteiger partial charge in [-0.3, -0.25) is 0 Å². The minimum atomic E-state index is -0.0913. The lowest BCUT2D eigenvalue weighted by atomic mass is 9.87. The molecule has 1 aliphatic rings. The molecule has 31 heavy (non-hydrogen) atoms. The second-order valence-electron chi connectivity index (χ2n) is 9.13. The van der Waals surface area contributed by atoms with Gasteiger partial charge in [-0.05, 0) is 49.9 Å². The molecule has 4 aromatic rings. The Kier molecular flexibility index (Phi) is 4.90. The second kappa shape index (κ2) is 7.73. The van der Waals surface area contributed by atoms with Gasteiger partial charge in [-0.25, -0.2) is 4.68 Å². The number of nitrogens with zero attached hydrogens (tertiary/aromatic N) is 3. The summed E-state index contributed by atoms with van der Waals surface area (Å²) in [5, 5.41) is 4.88. The molecule has 155 valence electrons. The van der Waals surface area contributed by atoms with E-state index in [1.54, 1.807) is 0 Å². The highest BCUT2D eigenvalue weighted by Gasteiger charge is 2.40. The van der Waals surface area contributed by atoms with E-state index in [2.05, 4.69) is 115 Å². The van der Waals surface area contributed by atoms with Crippen LogP contribution in [0.25, 0.3) is 11.1 Å². The van der Waals surface area contributed by atoms with E-state index in [1.807, 2.05) is 6.20 Å². The fraction of sp³-hybridized carbons (Fsp3) is 0.250. The maximum Gasteiger partial charge on any atom is 0.136 e. The molecule has 3 heteroatoms. The predicted molar refractivity (Wildman–Crippen MR) is 127 cm³/mol. The van der Waals surface area contributed by atoms with Gasteiger partial charge in [0.1, 0.15) is 5.82 Å². The van der Waals surface area contributed by atoms with Gasteiger partial charge in [-0.15, -0.1) is 0 Å². The average molecular weight is 407 g/mol. The summed E-state index contributed by atoms with van der Waals surface area (Å²) in [5.74, 6) is 1.18. The maximum absolute atomic E-state index is 4.88. The molecule has 0 amide bonds. The van der Waals surface area contributed by atoms with E-state index >= 15 is 0 Å². The lowest BCUT2D eigenvalue weighted by Gasteiger charge is -2.46. The Bertz CT molecular complexity index is 1160. The molecule has 1 unspecified atom stereocenters. The van der Waals surface area contributed by atoms with Gasteiger partial charge >= 0.3 is 0 Å². The zero-order valence-electron chi connectivity index (χ0n) is 18.4. The summed E-state index contributed by atoms with van der Waals surface area (Å²) < 4.78 is 2.22. The van der Waals surface area contributed by atoms with E-state index in [-0.39, 0.29) is 11.6 Å². The molecule has 0 aliphatic carbocycles. The third kappa shape index (κ3) is 3.65. The van der Waals surface area contributed by atoms with Gasteiger partial charge in [0.25, 0.3) is 0 Å². The zero-order valence-corrected chi connectivity index (χ0v) is 18.4. The molecule has 2 heterocycles. The molecule has 0 saturated carbocycles. The third-order valence-electron chi connectivity index (χ3n) is 6.30. The summed E-state index contributed by atoms with van der Waals surface area (Å²) in [4.78, 5) is 2.53. The van der Waals surface area contributed by atoms with E-state index < -0.39 is 0 Å². The molecule has 1 radical (unpaired) electrons. The quantitative estimate of drug-likeness (QED) is 0.383. The number of hydrogen-bond acceptors (Lipinski definition) is 2. The first-order valence-electron chi connectivity index (χ1n) is 11.0. The van der Waals surface area contributed by atoms with Crippen LogP contribution in [0, 0.1) is 13.0 Å². The third-order valence-corrected chi connectivity index (χ3v) is 6.30. The van der Waals surface area contributed by atoms with Crippen molar-refractivity contribution in [1.29, 1.82) is 0 Å². The van der Waals surface area contributed by atoms with Crippen LogP contribution in [0.5, 0.6) is 0 Å². The van der Waals surface area contributed by atoms with Crippen molar-refractivity contribution < 1.29 is 0 Å². The number of aromatic nitrogens is 2. The lowest BCUT2D eigenvalue weighted by molar-refractivity contribution is 0.239. The van der Waals surface area contributed by atoms with Crippen LogP contribution in [-0.2, 0) is 12.1 Å². The van der Waals surface area contributed by atoms with Gasteiger partial charge in [0.05, 0.1) is 17.8 Å². The minimum absolute atomic E-state index is 0.0913. The Balaban J connectivity index is 1.69. The smallest absolute Gasteiger partial charge is 0.136 e. The molecule has 0 fully saturated rings. The van der Waals surface area contributed by atoms with Crippen LogP contribution in [0.2, 0.25) is 0 Å². The number of aryl methyl sites for hydroxylation is 1. The standard InChI is InChI=1S/C28H28N3/c1-21-14-16-23(17-15-21)25-19-29-31-27(25)30(20-22-10-6-4-7-11-22)26(18-28(31,2)3)24-12-8-5-9-13-24/h4-16,19,26H,18,20H2,1-3H3. The molecule has 5 rings (SSSR count). The van der Waals surface area contributed by atoms with Crippen molar-refractivity contribution in [3.8, 4) is 11.1 Å². The van der Waals surface area contributed by atoms with E-state index in [4.69, 9.17) is 5.10 Å². The SMILES string of the molecule is Cc1c[c]c(-c2cnn3c2N(Cc2ccccc2)C(c2ccccc2)CC3(C)C)cc1. The highest BCUT2D eigenvalue weighted by atomic mass is 15.4. The molecule has 3 nitrogen and oxygen atoms in total. The number of hydrogen-bond donors (Lipinski definition) is 0. The van der Waals surface area contributed by atoms with Crippen molar-refractivity contribution >= 4 is 5.82 Å². The highest BCUT2D eigenvalue weighted by Crippen LogP contribution is 2.47. The Morgan fingerprint density at radius 1 is 0.968 bits per heavy atom. The Morgan fingerprint density at radius 3 is 2.35 bits per heavy atom. The summed E-state index contributed by atoms with van der Waals surface area (Å²) in [5.41, 5.74) is 6.01. The van der Waals surface area contributed by atoms with Crippen molar-refractivity contribution in [1.82, 2.24) is 9.78 Å². The first kappa shape index (κ1) is 19.6. The summed E-state index contributed by atoms with van der Waals surface area (Å²) in [6.07, 6.45) is 3.01. The largest absolute Gasteiger partial charge is 0.345 e. The van der Waals surface area contributed by atoms with E-state index in [1.165, 1.54) is 22.5 Å². The molecular formula is C28H28N3. The van der Waals surface area contributed by atoms with Gasteiger partial charge in [0.2, 0.25) is 0 Å². The fourth-order valence-electron chi connectivity index (χ4n) is 4.68. The summed E-state index contributed by atoms with van der Waals surface area (Å²) in [6, 6.07) is 31.7. The average Bonchev–Trinajstić information content (AvgIpc) is 3.24. The summed E-state index contributed by atoms with van der Waals surface area (Å²) >= 11 is 0. The Labute approximate surface area is 185 Å². The van der Waals surface area contributed by atoms with Crippen molar-refractivity contribution in [3.63, 3.8) is 0 Å². The van der Waals surface area contributed by atoms with Crippen molar-refractivity contribution in [3.05, 3.63) is 108 Å². The van der Waals surface area contributed by atoms with Crippen molar-refractivity contribution in [2.75, 3.05) is 4.90 Å². The second-order valence-corrected chi connectivity index (χ2v) is 9.13. The highest BCUT2D eigenvalue weighted by molar-refractivity contribution is 5.77. The van der Waals surface area contributed by atoms with Crippen LogP contribution >= 0.6 is 0 Å². The van der Waals surface area contributed by atoms with Crippen LogP contribution in [0.4, 0.5) is 5.82 Å². The first-order chi connectivity index (χ1) is 15.0. The number of anilines is 1. The zero-order chi connectivity index (χ0) is 21.4. The van der Waals surface area contributed by atoms with Crippen LogP contribution in [0.3, 0.4) is 0 Å². The predicted octanol–water partition coefficient (Wildman–Crippen LogP) is 6.55. The molecule has 1 aliphatic heterocycles. The van der Waals surface area contributed by atoms with Crippen molar-refractivity contribution in [2.45, 2.75) is 45.3 Å².